The Morgan fingerprint density at radius 1 is 0.939 bits per heavy atom. The fourth-order valence-corrected chi connectivity index (χ4v) is 4.01. The highest BCUT2D eigenvalue weighted by Crippen LogP contribution is 2.23. The molecule has 168 valence electrons. The van der Waals surface area contributed by atoms with Gasteiger partial charge in [-0.3, -0.25) is 14.4 Å². The molecule has 0 aromatic heterocycles. The molecule has 1 atom stereocenters. The molecule has 3 aromatic rings. The van der Waals surface area contributed by atoms with Crippen LogP contribution in [-0.2, 0) is 22.7 Å². The van der Waals surface area contributed by atoms with Crippen molar-refractivity contribution in [1.82, 2.24) is 10.2 Å². The van der Waals surface area contributed by atoms with Crippen molar-refractivity contribution in [2.24, 2.45) is 5.92 Å². The average Bonchev–Trinajstić information content (AvgIpc) is 3.19. The Morgan fingerprint density at radius 2 is 1.64 bits per heavy atom. The zero-order valence-corrected chi connectivity index (χ0v) is 18.6. The lowest BCUT2D eigenvalue weighted by atomic mass is 10.1. The maximum atomic E-state index is 12.9. The third-order valence-electron chi connectivity index (χ3n) is 5.93. The molecule has 4 rings (SSSR count). The van der Waals surface area contributed by atoms with E-state index in [0.29, 0.717) is 30.9 Å². The summed E-state index contributed by atoms with van der Waals surface area (Å²) >= 11 is 0. The number of amides is 3. The van der Waals surface area contributed by atoms with Gasteiger partial charge < -0.3 is 15.5 Å². The first kappa shape index (κ1) is 22.3. The lowest BCUT2D eigenvalue weighted by Gasteiger charge is -2.17. The molecule has 0 aliphatic carbocycles. The Labute approximate surface area is 193 Å². The average molecular weight is 442 g/mol. The molecule has 1 aliphatic heterocycles. The second-order valence-corrected chi connectivity index (χ2v) is 8.30. The summed E-state index contributed by atoms with van der Waals surface area (Å²) in [6, 6.07) is 24.5. The number of carbonyl (C=O) groups excluding carboxylic acids is 3. The van der Waals surface area contributed by atoms with E-state index in [1.807, 2.05) is 61.5 Å². The van der Waals surface area contributed by atoms with Gasteiger partial charge in [0, 0.05) is 26.1 Å². The first-order valence-electron chi connectivity index (χ1n) is 11.1. The zero-order valence-electron chi connectivity index (χ0n) is 18.6. The van der Waals surface area contributed by atoms with Crippen LogP contribution in [0.3, 0.4) is 0 Å². The van der Waals surface area contributed by atoms with Crippen molar-refractivity contribution in [2.45, 2.75) is 26.4 Å². The zero-order chi connectivity index (χ0) is 23.2. The summed E-state index contributed by atoms with van der Waals surface area (Å²) in [4.78, 5) is 39.9. The second-order valence-electron chi connectivity index (χ2n) is 8.30. The topological polar surface area (TPSA) is 78.5 Å². The van der Waals surface area contributed by atoms with Gasteiger partial charge in [-0.15, -0.1) is 0 Å². The normalized spacial score (nSPS) is 15.4. The van der Waals surface area contributed by atoms with Crippen LogP contribution < -0.4 is 10.6 Å². The van der Waals surface area contributed by atoms with Crippen molar-refractivity contribution in [1.29, 1.82) is 0 Å². The van der Waals surface area contributed by atoms with E-state index in [-0.39, 0.29) is 24.1 Å². The lowest BCUT2D eigenvalue weighted by molar-refractivity contribution is -0.128. The number of hydrogen-bond donors (Lipinski definition) is 2. The van der Waals surface area contributed by atoms with Crippen molar-refractivity contribution in [3.05, 3.63) is 101 Å². The molecular formula is C27H27N3O3. The van der Waals surface area contributed by atoms with Gasteiger partial charge in [-0.25, -0.2) is 0 Å². The minimum atomic E-state index is -0.454. The molecule has 1 saturated heterocycles. The molecule has 0 unspecified atom stereocenters. The Balaban J connectivity index is 1.39. The van der Waals surface area contributed by atoms with Crippen LogP contribution in [0.5, 0.6) is 0 Å². The summed E-state index contributed by atoms with van der Waals surface area (Å²) in [7, 11) is 0. The number of para-hydroxylation sites is 1. The molecule has 33 heavy (non-hydrogen) atoms. The third kappa shape index (κ3) is 5.47. The molecule has 3 aromatic carbocycles. The highest BCUT2D eigenvalue weighted by Gasteiger charge is 2.34. The Morgan fingerprint density at radius 3 is 2.42 bits per heavy atom. The standard InChI is InChI=1S/C27H27N3O3/c1-19-9-5-6-12-21(19)16-28-27(33)23-13-7-8-14-24(23)29-26(32)22-15-25(31)30(18-22)17-20-10-3-2-4-11-20/h2-14,22H,15-18H2,1H3,(H,28,33)(H,29,32)/t22-/m0/s1. The Hall–Kier alpha value is -3.93. The van der Waals surface area contributed by atoms with Crippen LogP contribution in [0.15, 0.2) is 78.9 Å². The minimum absolute atomic E-state index is 0.0386. The van der Waals surface area contributed by atoms with Crippen molar-refractivity contribution >= 4 is 23.4 Å². The molecule has 1 heterocycles. The highest BCUT2D eigenvalue weighted by atomic mass is 16.2. The minimum Gasteiger partial charge on any atom is -0.348 e. The number of anilines is 1. The van der Waals surface area contributed by atoms with Crippen molar-refractivity contribution in [3.63, 3.8) is 0 Å². The van der Waals surface area contributed by atoms with Gasteiger partial charge in [0.25, 0.3) is 5.91 Å². The van der Waals surface area contributed by atoms with Gasteiger partial charge in [-0.1, -0.05) is 66.7 Å². The van der Waals surface area contributed by atoms with Crippen LogP contribution in [0.25, 0.3) is 0 Å². The van der Waals surface area contributed by atoms with E-state index in [1.54, 1.807) is 29.2 Å². The number of carbonyl (C=O) groups is 3. The molecule has 3 amide bonds. The number of hydrogen-bond acceptors (Lipinski definition) is 3. The smallest absolute Gasteiger partial charge is 0.253 e. The van der Waals surface area contributed by atoms with E-state index in [1.165, 1.54) is 0 Å². The summed E-state index contributed by atoms with van der Waals surface area (Å²) in [6.07, 6.45) is 0.167. The van der Waals surface area contributed by atoms with E-state index in [4.69, 9.17) is 0 Å². The van der Waals surface area contributed by atoms with Gasteiger partial charge in [0.1, 0.15) is 0 Å². The molecular weight excluding hydrogens is 414 g/mol. The van der Waals surface area contributed by atoms with E-state index in [0.717, 1.165) is 16.7 Å². The maximum absolute atomic E-state index is 12.9. The summed E-state index contributed by atoms with van der Waals surface area (Å²) in [5, 5.41) is 5.80. The number of aryl methyl sites for hydroxylation is 1. The number of nitrogens with zero attached hydrogens (tertiary/aromatic N) is 1. The van der Waals surface area contributed by atoms with Crippen molar-refractivity contribution in [2.75, 3.05) is 11.9 Å². The van der Waals surface area contributed by atoms with E-state index in [2.05, 4.69) is 10.6 Å². The number of nitrogens with one attached hydrogen (secondary N) is 2. The van der Waals surface area contributed by atoms with Crippen LogP contribution in [0, 0.1) is 12.8 Å². The largest absolute Gasteiger partial charge is 0.348 e. The first-order chi connectivity index (χ1) is 16.0. The summed E-state index contributed by atoms with van der Waals surface area (Å²) in [6.45, 7) is 3.25. The second kappa shape index (κ2) is 10.1. The fourth-order valence-electron chi connectivity index (χ4n) is 4.01. The SMILES string of the molecule is Cc1ccccc1CNC(=O)c1ccccc1NC(=O)[C@H]1CC(=O)N(Cc2ccccc2)C1. The molecule has 2 N–H and O–H groups in total. The molecule has 0 saturated carbocycles. The van der Waals surface area contributed by atoms with Crippen LogP contribution in [0.1, 0.15) is 33.5 Å². The molecule has 1 aliphatic rings. The summed E-state index contributed by atoms with van der Waals surface area (Å²) < 4.78 is 0. The molecule has 0 bridgehead atoms. The van der Waals surface area contributed by atoms with E-state index >= 15 is 0 Å². The number of benzene rings is 3. The van der Waals surface area contributed by atoms with Crippen molar-refractivity contribution in [3.8, 4) is 0 Å². The summed E-state index contributed by atoms with van der Waals surface area (Å²) in [5.74, 6) is -1.01. The van der Waals surface area contributed by atoms with Gasteiger partial charge in [0.15, 0.2) is 0 Å². The van der Waals surface area contributed by atoms with Gasteiger partial charge >= 0.3 is 0 Å². The quantitative estimate of drug-likeness (QED) is 0.584. The Bertz CT molecular complexity index is 1160. The number of likely N-dealkylation sites (tertiary alicyclic amines) is 1. The predicted molar refractivity (Wildman–Crippen MR) is 127 cm³/mol. The Kier molecular flexibility index (Phi) is 6.83. The monoisotopic (exact) mass is 441 g/mol. The summed E-state index contributed by atoms with van der Waals surface area (Å²) in [5.41, 5.74) is 4.01. The molecule has 0 radical (unpaired) electrons. The molecule has 0 spiro atoms. The van der Waals surface area contributed by atoms with E-state index < -0.39 is 5.92 Å². The van der Waals surface area contributed by atoms with Crippen molar-refractivity contribution < 1.29 is 14.4 Å². The number of rotatable bonds is 7. The highest BCUT2D eigenvalue weighted by molar-refractivity contribution is 6.05. The fraction of sp³-hybridized carbons (Fsp3) is 0.222. The molecule has 1 fully saturated rings. The molecule has 6 nitrogen and oxygen atoms in total. The predicted octanol–water partition coefficient (Wildman–Crippen LogP) is 3.91. The van der Waals surface area contributed by atoms with Gasteiger partial charge in [0.2, 0.25) is 11.8 Å². The van der Waals surface area contributed by atoms with Gasteiger partial charge in [-0.05, 0) is 35.7 Å². The van der Waals surface area contributed by atoms with Gasteiger partial charge in [-0.2, -0.15) is 0 Å². The van der Waals surface area contributed by atoms with Crippen LogP contribution in [-0.4, -0.2) is 29.2 Å². The molecule has 6 heteroatoms. The maximum Gasteiger partial charge on any atom is 0.253 e. The van der Waals surface area contributed by atoms with Crippen LogP contribution >= 0.6 is 0 Å². The first-order valence-corrected chi connectivity index (χ1v) is 11.1. The van der Waals surface area contributed by atoms with Crippen LogP contribution in [0.2, 0.25) is 0 Å². The van der Waals surface area contributed by atoms with Crippen LogP contribution in [0.4, 0.5) is 5.69 Å². The third-order valence-corrected chi connectivity index (χ3v) is 5.93. The van der Waals surface area contributed by atoms with Gasteiger partial charge in [0.05, 0.1) is 17.2 Å². The van der Waals surface area contributed by atoms with E-state index in [9.17, 15) is 14.4 Å². The lowest BCUT2D eigenvalue weighted by Crippen LogP contribution is -2.29.